The molecule has 0 bridgehead atoms. The predicted molar refractivity (Wildman–Crippen MR) is 97.3 cm³/mol. The largest absolute Gasteiger partial charge is 0.378 e. The number of rotatable bonds is 1. The molecule has 22 heavy (non-hydrogen) atoms. The number of fused-ring (bicyclic) bond motifs is 2. The van der Waals surface area contributed by atoms with Gasteiger partial charge in [0.1, 0.15) is 0 Å². The van der Waals surface area contributed by atoms with Gasteiger partial charge in [-0.1, -0.05) is 66.4 Å². The molecule has 1 aliphatic carbocycles. The maximum absolute atomic E-state index is 6.11. The van der Waals surface area contributed by atoms with Gasteiger partial charge in [-0.15, -0.1) is 12.4 Å². The van der Waals surface area contributed by atoms with E-state index in [4.69, 9.17) is 5.73 Å². The van der Waals surface area contributed by atoms with E-state index in [9.17, 15) is 0 Å². The van der Waals surface area contributed by atoms with E-state index in [0.717, 1.165) is 18.5 Å². The van der Waals surface area contributed by atoms with Crippen molar-refractivity contribution in [3.05, 3.63) is 76.9 Å². The summed E-state index contributed by atoms with van der Waals surface area (Å²) < 4.78 is 0. The van der Waals surface area contributed by atoms with E-state index in [1.54, 1.807) is 11.8 Å². The van der Waals surface area contributed by atoms with Gasteiger partial charge in [-0.3, -0.25) is 0 Å². The van der Waals surface area contributed by atoms with E-state index in [0.29, 0.717) is 10.4 Å². The summed E-state index contributed by atoms with van der Waals surface area (Å²) in [5.74, 6) is 0. The first-order valence-corrected chi connectivity index (χ1v) is 8.08. The molecular weight excluding hydrogens is 312 g/mol. The van der Waals surface area contributed by atoms with Gasteiger partial charge >= 0.3 is 0 Å². The number of amidine groups is 1. The molecule has 0 radical (unpaired) electrons. The third-order valence-corrected chi connectivity index (χ3v) is 5.24. The highest BCUT2D eigenvalue weighted by Gasteiger charge is 2.30. The van der Waals surface area contributed by atoms with E-state index in [2.05, 4.69) is 59.6 Å². The van der Waals surface area contributed by atoms with Gasteiger partial charge < -0.3 is 5.73 Å². The third-order valence-electron chi connectivity index (χ3n) is 4.12. The van der Waals surface area contributed by atoms with E-state index < -0.39 is 0 Å². The lowest BCUT2D eigenvalue weighted by molar-refractivity contribution is 0.865. The molecule has 0 fully saturated rings. The van der Waals surface area contributed by atoms with E-state index in [1.165, 1.54) is 22.3 Å². The van der Waals surface area contributed by atoms with Crippen LogP contribution >= 0.6 is 24.2 Å². The summed E-state index contributed by atoms with van der Waals surface area (Å²) in [7, 11) is 0. The van der Waals surface area contributed by atoms with Crippen LogP contribution < -0.4 is 5.73 Å². The molecule has 1 atom stereocenters. The van der Waals surface area contributed by atoms with Crippen molar-refractivity contribution in [2.75, 3.05) is 0 Å². The van der Waals surface area contributed by atoms with Crippen LogP contribution in [0.4, 0.5) is 0 Å². The summed E-state index contributed by atoms with van der Waals surface area (Å²) >= 11 is 1.67. The average Bonchev–Trinajstić information content (AvgIpc) is 2.55. The van der Waals surface area contributed by atoms with Crippen molar-refractivity contribution >= 4 is 35.0 Å². The Kier molecular flexibility index (Phi) is 4.27. The number of benzene rings is 2. The molecule has 2 N–H and O–H groups in total. The van der Waals surface area contributed by atoms with Crippen LogP contribution in [0.25, 0.3) is 5.70 Å². The molecule has 0 amide bonds. The molecule has 4 heteroatoms. The second-order valence-corrected chi connectivity index (χ2v) is 6.51. The first-order chi connectivity index (χ1) is 10.3. The normalized spacial score (nSPS) is 19.6. The summed E-state index contributed by atoms with van der Waals surface area (Å²) in [6.07, 6.45) is 2.16. The Morgan fingerprint density at radius 2 is 1.68 bits per heavy atom. The van der Waals surface area contributed by atoms with Crippen LogP contribution in [0.5, 0.6) is 0 Å². The molecule has 0 saturated carbocycles. The van der Waals surface area contributed by atoms with Crippen molar-refractivity contribution in [1.29, 1.82) is 0 Å². The number of halogens is 1. The topological polar surface area (TPSA) is 38.4 Å². The van der Waals surface area contributed by atoms with Crippen molar-refractivity contribution in [2.45, 2.75) is 18.1 Å². The Hall–Kier alpha value is -1.71. The Morgan fingerprint density at radius 3 is 2.50 bits per heavy atom. The number of thioether (sulfide) groups is 1. The SMILES string of the molecule is Cl.NC1=NC2=C(CCc3ccccc32)C(c2ccccc2)S1. The Balaban J connectivity index is 0.00000144. The molecule has 1 heterocycles. The van der Waals surface area contributed by atoms with Crippen molar-refractivity contribution in [2.24, 2.45) is 10.7 Å². The zero-order valence-corrected chi connectivity index (χ0v) is 13.7. The van der Waals surface area contributed by atoms with Crippen molar-refractivity contribution < 1.29 is 0 Å². The van der Waals surface area contributed by atoms with Crippen LogP contribution in [-0.4, -0.2) is 5.17 Å². The number of aliphatic imine (C=N–C) groups is 1. The minimum absolute atomic E-state index is 0. The van der Waals surface area contributed by atoms with Crippen molar-refractivity contribution in [3.8, 4) is 0 Å². The Labute approximate surface area is 140 Å². The minimum Gasteiger partial charge on any atom is -0.378 e. The first-order valence-electron chi connectivity index (χ1n) is 7.20. The monoisotopic (exact) mass is 328 g/mol. The standard InChI is InChI=1S/C18H16N2S.ClH/c19-18-20-16-14-9-5-4-6-12(14)10-11-15(16)17(21-18)13-7-2-1-3-8-13;/h1-9,17H,10-11H2,(H2,19,20);1H. The highest BCUT2D eigenvalue weighted by Crippen LogP contribution is 2.47. The molecule has 2 nitrogen and oxygen atoms in total. The average molecular weight is 329 g/mol. The maximum atomic E-state index is 6.11. The van der Waals surface area contributed by atoms with Gasteiger partial charge in [0.2, 0.25) is 0 Å². The van der Waals surface area contributed by atoms with E-state index in [1.807, 2.05) is 0 Å². The second-order valence-electron chi connectivity index (χ2n) is 5.39. The van der Waals surface area contributed by atoms with E-state index in [-0.39, 0.29) is 12.4 Å². The molecule has 4 rings (SSSR count). The van der Waals surface area contributed by atoms with Gasteiger partial charge in [-0.2, -0.15) is 0 Å². The first kappa shape index (κ1) is 15.2. The van der Waals surface area contributed by atoms with E-state index >= 15 is 0 Å². The summed E-state index contributed by atoms with van der Waals surface area (Å²) in [6, 6.07) is 19.2. The summed E-state index contributed by atoms with van der Waals surface area (Å²) in [5, 5.41) is 0.964. The zero-order valence-electron chi connectivity index (χ0n) is 12.0. The number of nitrogens with two attached hydrogens (primary N) is 1. The lowest BCUT2D eigenvalue weighted by Crippen LogP contribution is -2.19. The molecule has 1 unspecified atom stereocenters. The summed E-state index contributed by atoms with van der Waals surface area (Å²) in [6.45, 7) is 0. The van der Waals surface area contributed by atoms with Crippen LogP contribution in [0.15, 0.2) is 65.2 Å². The fourth-order valence-corrected chi connectivity index (χ4v) is 4.19. The number of aryl methyl sites for hydroxylation is 1. The number of nitrogens with zero attached hydrogens (tertiary/aromatic N) is 1. The van der Waals surface area contributed by atoms with Gasteiger partial charge in [0, 0.05) is 5.56 Å². The minimum atomic E-state index is 0. The molecule has 2 aliphatic rings. The fourth-order valence-electron chi connectivity index (χ4n) is 3.14. The molecule has 0 saturated heterocycles. The zero-order chi connectivity index (χ0) is 14.2. The highest BCUT2D eigenvalue weighted by atomic mass is 35.5. The van der Waals surface area contributed by atoms with Crippen LogP contribution in [0.2, 0.25) is 0 Å². The number of hydrogen-bond acceptors (Lipinski definition) is 3. The van der Waals surface area contributed by atoms with Gasteiger partial charge in [0.15, 0.2) is 5.17 Å². The quantitative estimate of drug-likeness (QED) is 0.832. The van der Waals surface area contributed by atoms with Gasteiger partial charge in [0.05, 0.1) is 10.9 Å². The molecule has 0 spiro atoms. The molecular formula is C18H17ClN2S. The molecule has 1 aliphatic heterocycles. The Morgan fingerprint density at radius 1 is 0.955 bits per heavy atom. The van der Waals surface area contributed by atoms with Crippen LogP contribution in [0.1, 0.15) is 28.4 Å². The van der Waals surface area contributed by atoms with Crippen molar-refractivity contribution in [3.63, 3.8) is 0 Å². The van der Waals surface area contributed by atoms with Crippen LogP contribution in [0.3, 0.4) is 0 Å². The molecule has 0 aromatic heterocycles. The maximum Gasteiger partial charge on any atom is 0.160 e. The Bertz CT molecular complexity index is 753. The van der Waals surface area contributed by atoms with Gasteiger partial charge in [-0.25, -0.2) is 4.99 Å². The number of hydrogen-bond donors (Lipinski definition) is 1. The van der Waals surface area contributed by atoms with Gasteiger partial charge in [0.25, 0.3) is 0 Å². The van der Waals surface area contributed by atoms with Crippen molar-refractivity contribution in [1.82, 2.24) is 0 Å². The smallest absolute Gasteiger partial charge is 0.160 e. The predicted octanol–water partition coefficient (Wildman–Crippen LogP) is 4.57. The highest BCUT2D eigenvalue weighted by molar-refractivity contribution is 8.14. The van der Waals surface area contributed by atoms with Crippen LogP contribution in [-0.2, 0) is 6.42 Å². The van der Waals surface area contributed by atoms with Gasteiger partial charge in [-0.05, 0) is 29.5 Å². The third kappa shape index (κ3) is 2.55. The molecule has 112 valence electrons. The summed E-state index contributed by atoms with van der Waals surface area (Å²) in [4.78, 5) is 4.66. The molecule has 2 aromatic carbocycles. The van der Waals surface area contributed by atoms with Crippen LogP contribution in [0, 0.1) is 0 Å². The molecule has 2 aromatic rings. The lowest BCUT2D eigenvalue weighted by atomic mass is 9.86. The lowest BCUT2D eigenvalue weighted by Gasteiger charge is -2.30. The second kappa shape index (κ2) is 6.19. The summed E-state index contributed by atoms with van der Waals surface area (Å²) in [5.41, 5.74) is 12.6. The fraction of sp³-hybridized carbons (Fsp3) is 0.167.